The maximum Gasteiger partial charge on any atom is 0.402 e. The van der Waals surface area contributed by atoms with Crippen molar-refractivity contribution in [3.8, 4) is 0 Å². The third-order valence-corrected chi connectivity index (χ3v) is 6.87. The van der Waals surface area contributed by atoms with Gasteiger partial charge in [-0.3, -0.25) is 0 Å². The molecule has 0 saturated carbocycles. The summed E-state index contributed by atoms with van der Waals surface area (Å²) in [6.45, 7) is 16.1. The van der Waals surface area contributed by atoms with E-state index in [0.29, 0.717) is 6.42 Å². The summed E-state index contributed by atoms with van der Waals surface area (Å²) in [6.07, 6.45) is -1.87. The fraction of sp³-hybridized carbons (Fsp3) is 1.00. The Hall–Kier alpha value is -0.620. The van der Waals surface area contributed by atoms with E-state index in [9.17, 15) is 43.7 Å². The molecule has 0 aliphatic rings. The summed E-state index contributed by atoms with van der Waals surface area (Å²) in [5.41, 5.74) is 0. The lowest BCUT2D eigenvalue weighted by Gasteiger charge is -2.35. The molecule has 0 saturated heterocycles. The maximum absolute atomic E-state index is 13.3. The van der Waals surface area contributed by atoms with E-state index in [1.54, 1.807) is 0 Å². The highest BCUT2D eigenvalue weighted by molar-refractivity contribution is 7.86. The van der Waals surface area contributed by atoms with Crippen molar-refractivity contribution in [2.75, 3.05) is 26.2 Å². The average Bonchev–Trinajstić information content (AvgIpc) is 2.72. The van der Waals surface area contributed by atoms with Gasteiger partial charge in [0.1, 0.15) is 0 Å². The zero-order chi connectivity index (χ0) is 25.9. The van der Waals surface area contributed by atoms with E-state index in [-0.39, 0.29) is 12.8 Å². The summed E-state index contributed by atoms with van der Waals surface area (Å²) in [6, 6.07) is 0. The summed E-state index contributed by atoms with van der Waals surface area (Å²) >= 11 is 0. The number of alkyl halides is 7. The van der Waals surface area contributed by atoms with Crippen molar-refractivity contribution in [3.63, 3.8) is 0 Å². The molecule has 0 aromatic carbocycles. The van der Waals surface area contributed by atoms with E-state index < -0.39 is 39.8 Å². The topological polar surface area (TPSA) is 57.2 Å². The van der Waals surface area contributed by atoms with Gasteiger partial charge in [-0.25, -0.2) is 12.8 Å². The molecule has 196 valence electrons. The molecule has 12 heteroatoms. The van der Waals surface area contributed by atoms with E-state index in [0.717, 1.165) is 19.3 Å². The number of rotatable bonds is 15. The number of halogens is 7. The van der Waals surface area contributed by atoms with E-state index in [4.69, 9.17) is 0 Å². The van der Waals surface area contributed by atoms with Gasteiger partial charge in [0.05, 0.1) is 26.2 Å². The number of quaternary nitrogens is 1. The Morgan fingerprint density at radius 1 is 0.750 bits per heavy atom. The van der Waals surface area contributed by atoms with Crippen LogP contribution in [0.3, 0.4) is 0 Å². The van der Waals surface area contributed by atoms with Crippen LogP contribution in [-0.4, -0.2) is 66.9 Å². The lowest BCUT2D eigenvalue weighted by atomic mass is 10.0. The smallest absolute Gasteiger partial charge is 0.402 e. The number of hydrogen-bond acceptors (Lipinski definition) is 3. The summed E-state index contributed by atoms with van der Waals surface area (Å²) in [4.78, 5) is 0. The first-order valence-electron chi connectivity index (χ1n) is 11.1. The van der Waals surface area contributed by atoms with Crippen LogP contribution in [0.5, 0.6) is 0 Å². The summed E-state index contributed by atoms with van der Waals surface area (Å²) in [5.74, 6) is -12.6. The molecule has 0 aliphatic heterocycles. The summed E-state index contributed by atoms with van der Waals surface area (Å²) in [5, 5.41) is -6.62. The van der Waals surface area contributed by atoms with Crippen LogP contribution in [-0.2, 0) is 10.1 Å². The molecule has 1 unspecified atom stereocenters. The average molecular weight is 506 g/mol. The Kier molecular flexibility index (Phi) is 14.6. The van der Waals surface area contributed by atoms with Gasteiger partial charge in [0.15, 0.2) is 16.3 Å². The van der Waals surface area contributed by atoms with Gasteiger partial charge in [0, 0.05) is 0 Å². The van der Waals surface area contributed by atoms with Crippen LogP contribution < -0.4 is 0 Å². The van der Waals surface area contributed by atoms with Gasteiger partial charge >= 0.3 is 17.1 Å². The van der Waals surface area contributed by atoms with Crippen LogP contribution in [0.15, 0.2) is 0 Å². The zero-order valence-corrected chi connectivity index (χ0v) is 20.4. The fourth-order valence-electron chi connectivity index (χ4n) is 3.17. The quantitative estimate of drug-likeness (QED) is 0.113. The van der Waals surface area contributed by atoms with Crippen molar-refractivity contribution in [3.05, 3.63) is 0 Å². The Bertz CT molecular complexity index is 595. The summed E-state index contributed by atoms with van der Waals surface area (Å²) < 4.78 is 123. The monoisotopic (exact) mass is 505 g/mol. The van der Waals surface area contributed by atoms with Crippen LogP contribution in [0, 0.1) is 0 Å². The second-order valence-electron chi connectivity index (χ2n) is 7.80. The highest BCUT2D eigenvalue weighted by Gasteiger charge is 2.77. The van der Waals surface area contributed by atoms with Gasteiger partial charge in [-0.05, 0) is 34.1 Å². The molecule has 4 nitrogen and oxygen atoms in total. The molecule has 0 amide bonds. The fourth-order valence-corrected chi connectivity index (χ4v) is 3.62. The van der Waals surface area contributed by atoms with Gasteiger partial charge in [-0.2, -0.15) is 26.3 Å². The molecule has 0 aliphatic carbocycles. The van der Waals surface area contributed by atoms with Crippen LogP contribution >= 0.6 is 0 Å². The van der Waals surface area contributed by atoms with Crippen molar-refractivity contribution >= 4 is 10.1 Å². The molecule has 0 radical (unpaired) electrons. The second kappa shape index (κ2) is 13.9. The van der Waals surface area contributed by atoms with E-state index in [1.807, 2.05) is 6.92 Å². The largest absolute Gasteiger partial charge is 0.743 e. The SMILES string of the molecule is CCCCCCCCC(F)C(F)(F)C(F)(F)C(F)(F)S(=O)(=O)[O-].CC[N+](CC)(CC)CC. The molecule has 0 rings (SSSR count). The Morgan fingerprint density at radius 2 is 1.12 bits per heavy atom. The molecular formula is C20H38F7NO3S. The standard InChI is InChI=1S/C12H19F7O3S.C8H20N/c1-2-3-4-5-6-7-8-9(13)10(14,15)11(16,17)12(18,19)23(20,21)22;1-5-9(6-2,7-3)8-4/h9H,2-8H2,1H3,(H,20,21,22);5-8H2,1-4H3/q;+1/p-1. The van der Waals surface area contributed by atoms with Crippen molar-refractivity contribution in [2.24, 2.45) is 0 Å². The Balaban J connectivity index is 0. The van der Waals surface area contributed by atoms with Gasteiger partial charge in [0.2, 0.25) is 0 Å². The molecule has 0 heterocycles. The van der Waals surface area contributed by atoms with E-state index >= 15 is 0 Å². The molecule has 0 N–H and O–H groups in total. The van der Waals surface area contributed by atoms with Crippen molar-refractivity contribution in [1.29, 1.82) is 0 Å². The first-order chi connectivity index (χ1) is 14.5. The number of hydrogen-bond donors (Lipinski definition) is 0. The normalized spacial score (nSPS) is 14.7. The van der Waals surface area contributed by atoms with Crippen molar-refractivity contribution in [2.45, 2.75) is 103 Å². The third kappa shape index (κ3) is 8.62. The predicted octanol–water partition coefficient (Wildman–Crippen LogP) is 6.37. The van der Waals surface area contributed by atoms with Crippen LogP contribution in [0.1, 0.15) is 79.6 Å². The van der Waals surface area contributed by atoms with E-state index in [2.05, 4.69) is 27.7 Å². The second-order valence-corrected chi connectivity index (χ2v) is 9.22. The number of nitrogens with zero attached hydrogens (tertiary/aromatic N) is 1. The minimum atomic E-state index is -7.09. The maximum atomic E-state index is 13.3. The van der Waals surface area contributed by atoms with Gasteiger partial charge < -0.3 is 9.04 Å². The van der Waals surface area contributed by atoms with Crippen molar-refractivity contribution in [1.82, 2.24) is 0 Å². The predicted molar refractivity (Wildman–Crippen MR) is 110 cm³/mol. The minimum Gasteiger partial charge on any atom is -0.743 e. The summed E-state index contributed by atoms with van der Waals surface area (Å²) in [7, 11) is -7.09. The third-order valence-electron chi connectivity index (χ3n) is 5.99. The van der Waals surface area contributed by atoms with Crippen molar-refractivity contribution < 1.29 is 48.2 Å². The first-order valence-corrected chi connectivity index (χ1v) is 12.5. The molecule has 0 spiro atoms. The zero-order valence-electron chi connectivity index (χ0n) is 19.6. The van der Waals surface area contributed by atoms with Crippen LogP contribution in [0.2, 0.25) is 0 Å². The molecule has 0 fully saturated rings. The van der Waals surface area contributed by atoms with E-state index in [1.165, 1.54) is 30.7 Å². The first kappa shape index (κ1) is 33.6. The number of unbranched alkanes of at least 4 members (excludes halogenated alkanes) is 5. The Labute approximate surface area is 187 Å². The molecule has 32 heavy (non-hydrogen) atoms. The molecule has 0 aromatic heterocycles. The van der Waals surface area contributed by atoms with Gasteiger partial charge in [0.25, 0.3) is 0 Å². The Morgan fingerprint density at radius 3 is 1.44 bits per heavy atom. The highest BCUT2D eigenvalue weighted by Crippen LogP contribution is 2.50. The van der Waals surface area contributed by atoms with Gasteiger partial charge in [-0.15, -0.1) is 0 Å². The minimum absolute atomic E-state index is 0.234. The molecule has 0 aromatic rings. The lowest BCUT2D eigenvalue weighted by molar-refractivity contribution is -0.921. The lowest BCUT2D eigenvalue weighted by Crippen LogP contribution is -2.61. The molecule has 0 bridgehead atoms. The molecular weight excluding hydrogens is 467 g/mol. The highest BCUT2D eigenvalue weighted by atomic mass is 32.2. The van der Waals surface area contributed by atoms with Crippen LogP contribution in [0.25, 0.3) is 0 Å². The van der Waals surface area contributed by atoms with Crippen LogP contribution in [0.4, 0.5) is 30.7 Å². The molecule has 1 atom stereocenters. The van der Waals surface area contributed by atoms with Gasteiger partial charge in [-0.1, -0.05) is 45.4 Å².